The highest BCUT2D eigenvalue weighted by Crippen LogP contribution is 2.42. The Kier molecular flexibility index (Phi) is 8.36. The van der Waals surface area contributed by atoms with E-state index in [-0.39, 0.29) is 36.1 Å². The summed E-state index contributed by atoms with van der Waals surface area (Å²) in [6.45, 7) is 3.71. The number of hydrogen-bond donors (Lipinski definition) is 0. The fourth-order valence-electron chi connectivity index (χ4n) is 7.22. The Hall–Kier alpha value is -4.11. The van der Waals surface area contributed by atoms with E-state index < -0.39 is 23.3 Å². The van der Waals surface area contributed by atoms with Crippen LogP contribution in [0.15, 0.2) is 36.4 Å². The summed E-state index contributed by atoms with van der Waals surface area (Å²) >= 11 is 0. The van der Waals surface area contributed by atoms with Crippen LogP contribution in [0.2, 0.25) is 0 Å². The van der Waals surface area contributed by atoms with E-state index in [2.05, 4.69) is 20.7 Å². The van der Waals surface area contributed by atoms with E-state index >= 15 is 4.39 Å². The number of terminal acetylenes is 1. The molecular formula is C35H35F3N4O4. The molecule has 0 bridgehead atoms. The van der Waals surface area contributed by atoms with E-state index in [1.54, 1.807) is 30.3 Å². The highest BCUT2D eigenvalue weighted by atomic mass is 19.1. The fourth-order valence-corrected chi connectivity index (χ4v) is 7.22. The quantitative estimate of drug-likeness (QED) is 0.177. The standard InChI is InChI=1S/C35H35F3N4O4/c1-3-25-29(37)9-6-22-16-24(46-21-43-2)17-28(30(22)25)26-7-8-27-32(31(26)38)39-34(40-33(27)41-11-5-14-44-15-13-41)45-20-35-10-4-12-42(35)19-23(36)18-35/h1,6-9,16-17,23H,4-5,10-15,18-21H2,2H3/t23-,35+/m1/s1. The van der Waals surface area contributed by atoms with Gasteiger partial charge in [0.1, 0.15) is 35.7 Å². The van der Waals surface area contributed by atoms with Gasteiger partial charge in [0, 0.05) is 56.1 Å². The Bertz CT molecular complexity index is 1820. The molecule has 3 aliphatic heterocycles. The molecule has 11 heteroatoms. The molecule has 240 valence electrons. The predicted octanol–water partition coefficient (Wildman–Crippen LogP) is 5.87. The van der Waals surface area contributed by atoms with Crippen molar-refractivity contribution in [3.8, 4) is 35.2 Å². The highest BCUT2D eigenvalue weighted by molar-refractivity contribution is 6.04. The average Bonchev–Trinajstić information content (AvgIpc) is 3.44. The first-order valence-corrected chi connectivity index (χ1v) is 15.6. The molecule has 8 nitrogen and oxygen atoms in total. The molecule has 2 atom stereocenters. The third-order valence-corrected chi connectivity index (χ3v) is 9.34. The van der Waals surface area contributed by atoms with Crippen LogP contribution in [0.5, 0.6) is 11.8 Å². The van der Waals surface area contributed by atoms with Crippen molar-refractivity contribution in [2.24, 2.45) is 0 Å². The van der Waals surface area contributed by atoms with Gasteiger partial charge in [-0.1, -0.05) is 18.1 Å². The molecule has 0 amide bonds. The van der Waals surface area contributed by atoms with Crippen molar-refractivity contribution < 1.29 is 32.1 Å². The van der Waals surface area contributed by atoms with Crippen molar-refractivity contribution in [1.29, 1.82) is 0 Å². The first kappa shape index (κ1) is 30.5. The van der Waals surface area contributed by atoms with Crippen LogP contribution in [0, 0.1) is 24.0 Å². The van der Waals surface area contributed by atoms with E-state index in [9.17, 15) is 8.78 Å². The summed E-state index contributed by atoms with van der Waals surface area (Å²) in [5.74, 6) is 2.15. The van der Waals surface area contributed by atoms with Gasteiger partial charge in [-0.2, -0.15) is 9.97 Å². The number of alkyl halides is 1. The number of aromatic nitrogens is 2. The molecule has 3 aromatic carbocycles. The van der Waals surface area contributed by atoms with Gasteiger partial charge in [-0.25, -0.2) is 13.2 Å². The highest BCUT2D eigenvalue weighted by Gasteiger charge is 2.49. The molecule has 0 unspecified atom stereocenters. The lowest BCUT2D eigenvalue weighted by Gasteiger charge is -2.31. The van der Waals surface area contributed by atoms with E-state index in [1.165, 1.54) is 13.2 Å². The van der Waals surface area contributed by atoms with Crippen LogP contribution >= 0.6 is 0 Å². The summed E-state index contributed by atoms with van der Waals surface area (Å²) in [6, 6.07) is 9.62. The van der Waals surface area contributed by atoms with Crippen LogP contribution in [0.1, 0.15) is 31.2 Å². The van der Waals surface area contributed by atoms with E-state index in [4.69, 9.17) is 30.4 Å². The third kappa shape index (κ3) is 5.48. The van der Waals surface area contributed by atoms with Gasteiger partial charge in [-0.05, 0) is 61.0 Å². The molecule has 0 saturated carbocycles. The maximum Gasteiger partial charge on any atom is 0.319 e. The van der Waals surface area contributed by atoms with Crippen LogP contribution in [-0.2, 0) is 9.47 Å². The second-order valence-electron chi connectivity index (χ2n) is 12.2. The van der Waals surface area contributed by atoms with Crippen molar-refractivity contribution in [3.63, 3.8) is 0 Å². The average molecular weight is 633 g/mol. The van der Waals surface area contributed by atoms with Gasteiger partial charge in [-0.15, -0.1) is 6.42 Å². The summed E-state index contributed by atoms with van der Waals surface area (Å²) < 4.78 is 69.1. The smallest absolute Gasteiger partial charge is 0.319 e. The molecule has 3 saturated heterocycles. The second-order valence-corrected chi connectivity index (χ2v) is 12.2. The minimum atomic E-state index is -0.912. The number of rotatable bonds is 8. The number of nitrogens with zero attached hydrogens (tertiary/aromatic N) is 4. The summed E-state index contributed by atoms with van der Waals surface area (Å²) in [6.07, 6.45) is 7.80. The lowest BCUT2D eigenvalue weighted by Crippen LogP contribution is -2.43. The molecule has 0 radical (unpaired) electrons. The molecule has 4 aromatic rings. The minimum absolute atomic E-state index is 0.0182. The molecule has 4 heterocycles. The zero-order valence-electron chi connectivity index (χ0n) is 25.7. The number of methoxy groups -OCH3 is 1. The topological polar surface area (TPSA) is 69.2 Å². The molecular weight excluding hydrogens is 597 g/mol. The maximum atomic E-state index is 17.0. The van der Waals surface area contributed by atoms with Gasteiger partial charge < -0.3 is 23.8 Å². The fraction of sp³-hybridized carbons (Fsp3) is 0.429. The zero-order chi connectivity index (χ0) is 31.8. The van der Waals surface area contributed by atoms with Crippen molar-refractivity contribution in [3.05, 3.63) is 53.6 Å². The first-order valence-electron chi connectivity index (χ1n) is 15.6. The van der Waals surface area contributed by atoms with E-state index in [1.807, 2.05) is 0 Å². The van der Waals surface area contributed by atoms with E-state index in [0.717, 1.165) is 25.8 Å². The van der Waals surface area contributed by atoms with Crippen LogP contribution in [-0.4, -0.2) is 86.5 Å². The van der Waals surface area contributed by atoms with Gasteiger partial charge in [0.15, 0.2) is 12.6 Å². The Balaban J connectivity index is 1.38. The molecule has 0 spiro atoms. The summed E-state index contributed by atoms with van der Waals surface area (Å²) in [7, 11) is 1.50. The van der Waals surface area contributed by atoms with Crippen LogP contribution in [0.4, 0.5) is 19.0 Å². The lowest BCUT2D eigenvalue weighted by atomic mass is 9.93. The number of anilines is 1. The van der Waals surface area contributed by atoms with Gasteiger partial charge in [0.2, 0.25) is 0 Å². The Morgan fingerprint density at radius 3 is 2.78 bits per heavy atom. The number of ether oxygens (including phenoxy) is 4. The Morgan fingerprint density at radius 1 is 1.04 bits per heavy atom. The molecule has 1 aromatic heterocycles. The van der Waals surface area contributed by atoms with Gasteiger partial charge in [0.25, 0.3) is 0 Å². The predicted molar refractivity (Wildman–Crippen MR) is 169 cm³/mol. The number of hydrogen-bond acceptors (Lipinski definition) is 8. The molecule has 3 aliphatic rings. The molecule has 0 aliphatic carbocycles. The minimum Gasteiger partial charge on any atom is -0.468 e. The summed E-state index contributed by atoms with van der Waals surface area (Å²) in [5.41, 5.74) is 0.153. The summed E-state index contributed by atoms with van der Waals surface area (Å²) in [4.78, 5) is 13.6. The largest absolute Gasteiger partial charge is 0.468 e. The second kappa shape index (κ2) is 12.6. The SMILES string of the molecule is C#Cc1c(F)ccc2cc(OCOC)cc(-c3ccc4c(N5CCCOCC5)nc(OC[C@@]56CCCN5C[C@H](F)C6)nc4c3F)c12. The van der Waals surface area contributed by atoms with Crippen LogP contribution in [0.25, 0.3) is 32.8 Å². The Labute approximate surface area is 265 Å². The maximum absolute atomic E-state index is 17.0. The van der Waals surface area contributed by atoms with Crippen molar-refractivity contribution in [2.45, 2.75) is 37.4 Å². The zero-order valence-corrected chi connectivity index (χ0v) is 25.7. The molecule has 0 N–H and O–H groups in total. The monoisotopic (exact) mass is 632 g/mol. The molecule has 46 heavy (non-hydrogen) atoms. The van der Waals surface area contributed by atoms with Gasteiger partial charge >= 0.3 is 6.01 Å². The number of fused-ring (bicyclic) bond motifs is 3. The normalized spacial score (nSPS) is 21.8. The van der Waals surface area contributed by atoms with Crippen molar-refractivity contribution in [2.75, 3.05) is 64.8 Å². The summed E-state index contributed by atoms with van der Waals surface area (Å²) in [5, 5.41) is 1.46. The van der Waals surface area contributed by atoms with Crippen LogP contribution < -0.4 is 14.4 Å². The molecule has 3 fully saturated rings. The van der Waals surface area contributed by atoms with Crippen molar-refractivity contribution in [1.82, 2.24) is 14.9 Å². The lowest BCUT2D eigenvalue weighted by molar-refractivity contribution is 0.0512. The van der Waals surface area contributed by atoms with Crippen molar-refractivity contribution >= 4 is 27.5 Å². The van der Waals surface area contributed by atoms with E-state index in [0.29, 0.717) is 72.6 Å². The van der Waals surface area contributed by atoms with Gasteiger partial charge in [-0.3, -0.25) is 4.90 Å². The van der Waals surface area contributed by atoms with Gasteiger partial charge in [0.05, 0.1) is 17.7 Å². The third-order valence-electron chi connectivity index (χ3n) is 9.34. The molecule has 7 rings (SSSR count). The number of halogens is 3. The first-order chi connectivity index (χ1) is 22.4. The van der Waals surface area contributed by atoms with Crippen LogP contribution in [0.3, 0.4) is 0 Å². The Morgan fingerprint density at radius 2 is 1.93 bits per heavy atom. The number of benzene rings is 3.